The highest BCUT2D eigenvalue weighted by atomic mass is 32.1. The van der Waals surface area contributed by atoms with Crippen LogP contribution in [0.5, 0.6) is 0 Å². The van der Waals surface area contributed by atoms with Gasteiger partial charge in [-0.05, 0) is 98.1 Å². The van der Waals surface area contributed by atoms with Crippen LogP contribution in [0.2, 0.25) is 0 Å². The molecule has 1 aliphatic carbocycles. The molecule has 47 heavy (non-hydrogen) atoms. The maximum Gasteiger partial charge on any atom is 0.138 e. The highest BCUT2D eigenvalue weighted by molar-refractivity contribution is 7.25. The Kier molecular flexibility index (Phi) is 5.66. The van der Waals surface area contributed by atoms with Gasteiger partial charge in [0.2, 0.25) is 0 Å². The number of hydrogen-bond donors (Lipinski definition) is 0. The molecule has 9 aromatic rings. The van der Waals surface area contributed by atoms with E-state index in [0.29, 0.717) is 0 Å². The Morgan fingerprint density at radius 2 is 1.13 bits per heavy atom. The number of hydrogen-bond acceptors (Lipinski definition) is 3. The van der Waals surface area contributed by atoms with Gasteiger partial charge in [0.05, 0.1) is 5.41 Å². The number of imidazole rings is 1. The van der Waals surface area contributed by atoms with Crippen LogP contribution in [0, 0.1) is 0 Å². The fourth-order valence-electron chi connectivity index (χ4n) is 7.71. The van der Waals surface area contributed by atoms with Crippen molar-refractivity contribution in [3.8, 4) is 33.4 Å². The number of aromatic nitrogens is 3. The summed E-state index contributed by atoms with van der Waals surface area (Å²) in [6.45, 7) is 0. The Hall–Kier alpha value is -5.84. The van der Waals surface area contributed by atoms with Gasteiger partial charge in [0.25, 0.3) is 0 Å². The standard InChI is InChI=1S/C43H27N3S/c1-3-9-32(10-4-1)43(33-11-5-2-6-12-33)37-25-29(28-21-23-44-24-22-28)15-18-34(37)35-19-16-30(26-38(35)43)31-17-20-40-45-41-36-13-7-8-14-39(36)47-42(41)46(40)27-31/h1-27H. The van der Waals surface area contributed by atoms with Gasteiger partial charge in [-0.2, -0.15) is 0 Å². The largest absolute Gasteiger partial charge is 0.290 e. The predicted octanol–water partition coefficient (Wildman–Crippen LogP) is 10.8. The lowest BCUT2D eigenvalue weighted by atomic mass is 9.67. The molecular formula is C43H27N3S. The molecule has 0 atom stereocenters. The molecule has 220 valence electrons. The van der Waals surface area contributed by atoms with Crippen molar-refractivity contribution in [1.29, 1.82) is 0 Å². The maximum absolute atomic E-state index is 5.03. The fraction of sp³-hybridized carbons (Fsp3) is 0.0233. The number of rotatable bonds is 4. The second-order valence-electron chi connectivity index (χ2n) is 12.2. The van der Waals surface area contributed by atoms with Gasteiger partial charge in [-0.3, -0.25) is 9.38 Å². The molecule has 0 bridgehead atoms. The molecule has 4 heterocycles. The Labute approximate surface area is 276 Å². The molecule has 0 aliphatic heterocycles. The third kappa shape index (κ3) is 3.79. The predicted molar refractivity (Wildman–Crippen MR) is 194 cm³/mol. The quantitative estimate of drug-likeness (QED) is 0.197. The van der Waals surface area contributed by atoms with E-state index in [1.807, 2.05) is 12.4 Å². The lowest BCUT2D eigenvalue weighted by Gasteiger charge is -2.34. The van der Waals surface area contributed by atoms with Gasteiger partial charge in [0.1, 0.15) is 16.0 Å². The third-order valence-corrected chi connectivity index (χ3v) is 11.0. The average Bonchev–Trinajstić information content (AvgIpc) is 3.79. The number of nitrogens with zero attached hydrogens (tertiary/aromatic N) is 3. The molecule has 10 rings (SSSR count). The van der Waals surface area contributed by atoms with Crippen molar-refractivity contribution in [2.45, 2.75) is 5.41 Å². The Bertz CT molecular complexity index is 2580. The topological polar surface area (TPSA) is 30.2 Å². The first-order valence-corrected chi connectivity index (χ1v) is 16.7. The van der Waals surface area contributed by atoms with Crippen LogP contribution < -0.4 is 0 Å². The highest BCUT2D eigenvalue weighted by Gasteiger charge is 2.46. The summed E-state index contributed by atoms with van der Waals surface area (Å²) in [5.74, 6) is 0. The summed E-state index contributed by atoms with van der Waals surface area (Å²) < 4.78 is 3.53. The molecule has 0 saturated carbocycles. The summed E-state index contributed by atoms with van der Waals surface area (Å²) in [5.41, 5.74) is 13.9. The third-order valence-electron chi connectivity index (χ3n) is 9.82. The first kappa shape index (κ1) is 26.4. The fourth-order valence-corrected chi connectivity index (χ4v) is 8.84. The van der Waals surface area contributed by atoms with Gasteiger partial charge in [0.15, 0.2) is 0 Å². The summed E-state index contributed by atoms with van der Waals surface area (Å²) >= 11 is 1.80. The van der Waals surface area contributed by atoms with Gasteiger partial charge in [-0.15, -0.1) is 11.3 Å². The molecule has 0 unspecified atom stereocenters. The van der Waals surface area contributed by atoms with Crippen molar-refractivity contribution in [3.05, 3.63) is 186 Å². The summed E-state index contributed by atoms with van der Waals surface area (Å²) in [4.78, 5) is 10.5. The lowest BCUT2D eigenvalue weighted by Crippen LogP contribution is -2.28. The zero-order chi connectivity index (χ0) is 31.0. The molecular weight excluding hydrogens is 591 g/mol. The minimum absolute atomic E-state index is 0.496. The number of benzene rings is 5. The first-order valence-electron chi connectivity index (χ1n) is 15.9. The van der Waals surface area contributed by atoms with Gasteiger partial charge in [0, 0.05) is 28.7 Å². The van der Waals surface area contributed by atoms with Crippen LogP contribution in [0.25, 0.3) is 59.5 Å². The van der Waals surface area contributed by atoms with Crippen molar-refractivity contribution >= 4 is 37.4 Å². The Morgan fingerprint density at radius 3 is 1.81 bits per heavy atom. The normalized spacial score (nSPS) is 13.3. The number of thiophene rings is 1. The van der Waals surface area contributed by atoms with Crippen LogP contribution in [-0.4, -0.2) is 14.4 Å². The van der Waals surface area contributed by atoms with Gasteiger partial charge in [-0.1, -0.05) is 103 Å². The molecule has 1 aliphatic rings. The van der Waals surface area contributed by atoms with Crippen molar-refractivity contribution in [2.24, 2.45) is 0 Å². The van der Waals surface area contributed by atoms with E-state index in [1.165, 1.54) is 65.0 Å². The van der Waals surface area contributed by atoms with Crippen molar-refractivity contribution in [3.63, 3.8) is 0 Å². The van der Waals surface area contributed by atoms with Crippen molar-refractivity contribution in [2.75, 3.05) is 0 Å². The Balaban J connectivity index is 1.24. The first-order chi connectivity index (χ1) is 23.3. The van der Waals surface area contributed by atoms with Crippen LogP contribution >= 0.6 is 11.3 Å². The summed E-state index contributed by atoms with van der Waals surface area (Å²) in [6.07, 6.45) is 6.00. The van der Waals surface area contributed by atoms with E-state index in [2.05, 4.69) is 161 Å². The molecule has 5 aromatic carbocycles. The summed E-state index contributed by atoms with van der Waals surface area (Å²) in [5, 5.41) is 1.22. The molecule has 0 amide bonds. The average molecular weight is 618 g/mol. The second kappa shape index (κ2) is 10.1. The van der Waals surface area contributed by atoms with Gasteiger partial charge in [-0.25, -0.2) is 4.98 Å². The monoisotopic (exact) mass is 617 g/mol. The van der Waals surface area contributed by atoms with E-state index in [1.54, 1.807) is 11.3 Å². The van der Waals surface area contributed by atoms with Crippen molar-refractivity contribution < 1.29 is 0 Å². The van der Waals surface area contributed by atoms with Gasteiger partial charge >= 0.3 is 0 Å². The lowest BCUT2D eigenvalue weighted by molar-refractivity contribution is 0.769. The van der Waals surface area contributed by atoms with E-state index >= 15 is 0 Å². The second-order valence-corrected chi connectivity index (χ2v) is 13.3. The van der Waals surface area contributed by atoms with E-state index in [4.69, 9.17) is 4.98 Å². The highest BCUT2D eigenvalue weighted by Crippen LogP contribution is 2.57. The summed E-state index contributed by atoms with van der Waals surface area (Å²) in [7, 11) is 0. The molecule has 3 nitrogen and oxygen atoms in total. The zero-order valence-corrected chi connectivity index (χ0v) is 26.2. The van der Waals surface area contributed by atoms with Crippen LogP contribution in [0.3, 0.4) is 0 Å². The van der Waals surface area contributed by atoms with Crippen LogP contribution in [-0.2, 0) is 5.41 Å². The zero-order valence-electron chi connectivity index (χ0n) is 25.3. The molecule has 0 spiro atoms. The van der Waals surface area contributed by atoms with Crippen LogP contribution in [0.1, 0.15) is 22.3 Å². The number of fused-ring (bicyclic) bond motifs is 8. The molecule has 4 aromatic heterocycles. The van der Waals surface area contributed by atoms with E-state index in [-0.39, 0.29) is 0 Å². The van der Waals surface area contributed by atoms with Crippen LogP contribution in [0.15, 0.2) is 164 Å². The Morgan fingerprint density at radius 1 is 0.532 bits per heavy atom. The number of pyridine rings is 2. The van der Waals surface area contributed by atoms with E-state index in [0.717, 1.165) is 16.7 Å². The minimum atomic E-state index is -0.496. The van der Waals surface area contributed by atoms with Crippen molar-refractivity contribution in [1.82, 2.24) is 14.4 Å². The molecule has 4 heteroatoms. The minimum Gasteiger partial charge on any atom is -0.290 e. The van der Waals surface area contributed by atoms with Crippen LogP contribution in [0.4, 0.5) is 0 Å². The molecule has 0 N–H and O–H groups in total. The van der Waals surface area contributed by atoms with Gasteiger partial charge < -0.3 is 0 Å². The van der Waals surface area contributed by atoms with E-state index in [9.17, 15) is 0 Å². The maximum atomic E-state index is 5.03. The molecule has 0 radical (unpaired) electrons. The van der Waals surface area contributed by atoms with E-state index < -0.39 is 5.41 Å². The SMILES string of the molecule is c1ccc(C2(c3ccccc3)c3cc(-c4ccncc4)ccc3-c3ccc(-c4ccc5nc6c7ccccc7sc6n5c4)cc32)cc1. The smallest absolute Gasteiger partial charge is 0.138 e. The molecule has 0 fully saturated rings. The molecule has 0 saturated heterocycles. The summed E-state index contributed by atoms with van der Waals surface area (Å²) in [6, 6.07) is 53.1.